The number of carbonyl (C=O) groups excluding carboxylic acids is 3. The van der Waals surface area contributed by atoms with Gasteiger partial charge in [0.25, 0.3) is 0 Å². The molecule has 0 radical (unpaired) electrons. The van der Waals surface area contributed by atoms with Gasteiger partial charge in [-0.25, -0.2) is 4.79 Å². The van der Waals surface area contributed by atoms with Gasteiger partial charge in [-0.15, -0.1) is 0 Å². The summed E-state index contributed by atoms with van der Waals surface area (Å²) in [7, 11) is 0. The maximum atomic E-state index is 12.5. The molecule has 0 bridgehead atoms. The highest BCUT2D eigenvalue weighted by atomic mass is 16.6. The fraction of sp³-hybridized carbons (Fsp3) is 0.500. The van der Waals surface area contributed by atoms with E-state index >= 15 is 0 Å². The van der Waals surface area contributed by atoms with E-state index in [1.54, 1.807) is 21.6 Å². The lowest BCUT2D eigenvalue weighted by atomic mass is 10.2. The van der Waals surface area contributed by atoms with Crippen LogP contribution >= 0.6 is 0 Å². The van der Waals surface area contributed by atoms with Crippen molar-refractivity contribution in [1.82, 2.24) is 9.80 Å². The zero-order valence-electron chi connectivity index (χ0n) is 14.8. The molecule has 7 nitrogen and oxygen atoms in total. The van der Waals surface area contributed by atoms with Gasteiger partial charge in [-0.3, -0.25) is 9.59 Å². The fourth-order valence-electron chi connectivity index (χ4n) is 2.80. The summed E-state index contributed by atoms with van der Waals surface area (Å²) in [6, 6.07) is 9.31. The Morgan fingerprint density at radius 1 is 1.00 bits per heavy atom. The average Bonchev–Trinajstić information content (AvgIpc) is 2.63. The van der Waals surface area contributed by atoms with Crippen LogP contribution < -0.4 is 4.90 Å². The van der Waals surface area contributed by atoms with Gasteiger partial charge in [0, 0.05) is 38.4 Å². The highest BCUT2D eigenvalue weighted by Gasteiger charge is 2.27. The van der Waals surface area contributed by atoms with Crippen molar-refractivity contribution >= 4 is 23.6 Å². The molecule has 1 aromatic carbocycles. The van der Waals surface area contributed by atoms with Crippen molar-refractivity contribution in [3.05, 3.63) is 30.3 Å². The Bertz CT molecular complexity index is 598. The molecule has 0 spiro atoms. The predicted molar refractivity (Wildman–Crippen MR) is 94.3 cm³/mol. The van der Waals surface area contributed by atoms with Crippen molar-refractivity contribution in [2.24, 2.45) is 0 Å². The van der Waals surface area contributed by atoms with Gasteiger partial charge in [-0.05, 0) is 26.0 Å². The Hall–Kier alpha value is -2.57. The second kappa shape index (κ2) is 9.05. The van der Waals surface area contributed by atoms with Crippen molar-refractivity contribution < 1.29 is 19.1 Å². The molecule has 25 heavy (non-hydrogen) atoms. The molecule has 136 valence electrons. The van der Waals surface area contributed by atoms with E-state index in [9.17, 15) is 14.4 Å². The Morgan fingerprint density at radius 3 is 2.16 bits per heavy atom. The zero-order chi connectivity index (χ0) is 18.2. The third kappa shape index (κ3) is 4.95. The molecule has 0 unspecified atom stereocenters. The normalized spacial score (nSPS) is 14.2. The van der Waals surface area contributed by atoms with E-state index in [2.05, 4.69) is 0 Å². The number of hydrogen-bond donors (Lipinski definition) is 0. The Morgan fingerprint density at radius 2 is 1.60 bits per heavy atom. The van der Waals surface area contributed by atoms with Gasteiger partial charge in [0.1, 0.15) is 6.42 Å². The van der Waals surface area contributed by atoms with Crippen LogP contribution in [0.5, 0.6) is 0 Å². The highest BCUT2D eigenvalue weighted by molar-refractivity contribution is 6.05. The van der Waals surface area contributed by atoms with Crippen molar-refractivity contribution in [1.29, 1.82) is 0 Å². The van der Waals surface area contributed by atoms with Gasteiger partial charge < -0.3 is 19.4 Å². The monoisotopic (exact) mass is 347 g/mol. The number of ether oxygens (including phenoxy) is 1. The summed E-state index contributed by atoms with van der Waals surface area (Å²) in [5.41, 5.74) is 0.787. The quantitative estimate of drug-likeness (QED) is 0.761. The Labute approximate surface area is 148 Å². The first kappa shape index (κ1) is 18.8. The SMILES string of the molecule is CCOC(=O)N1CCN(C(=O)CC(=O)N(CC)c2ccccc2)CC1. The maximum Gasteiger partial charge on any atom is 0.409 e. The first-order valence-corrected chi connectivity index (χ1v) is 8.61. The lowest BCUT2D eigenvalue weighted by molar-refractivity contribution is -0.136. The van der Waals surface area contributed by atoms with Crippen LogP contribution in [0, 0.1) is 0 Å². The van der Waals surface area contributed by atoms with Gasteiger partial charge in [0.05, 0.1) is 6.61 Å². The number of carbonyl (C=O) groups is 3. The summed E-state index contributed by atoms with van der Waals surface area (Å²) >= 11 is 0. The molecule has 1 aromatic rings. The molecule has 2 rings (SSSR count). The van der Waals surface area contributed by atoms with Crippen LogP contribution in [0.1, 0.15) is 20.3 Å². The van der Waals surface area contributed by atoms with Gasteiger partial charge in [-0.1, -0.05) is 18.2 Å². The van der Waals surface area contributed by atoms with E-state index in [1.165, 1.54) is 0 Å². The standard InChI is InChI=1S/C18H25N3O4/c1-3-21(15-8-6-5-7-9-15)17(23)14-16(22)19-10-12-20(13-11-19)18(24)25-4-2/h5-9H,3-4,10-14H2,1-2H3. The average molecular weight is 347 g/mol. The minimum absolute atomic E-state index is 0.165. The second-order valence-corrected chi connectivity index (χ2v) is 5.72. The first-order valence-electron chi connectivity index (χ1n) is 8.61. The molecule has 3 amide bonds. The van der Waals surface area contributed by atoms with Crippen LogP contribution in [0.4, 0.5) is 10.5 Å². The summed E-state index contributed by atoms with van der Waals surface area (Å²) < 4.78 is 4.96. The van der Waals surface area contributed by atoms with Crippen molar-refractivity contribution in [3.63, 3.8) is 0 Å². The van der Waals surface area contributed by atoms with E-state index in [0.717, 1.165) is 5.69 Å². The molecule has 1 fully saturated rings. The fourth-order valence-corrected chi connectivity index (χ4v) is 2.80. The molecule has 0 saturated carbocycles. The first-order chi connectivity index (χ1) is 12.1. The molecule has 1 saturated heterocycles. The number of rotatable bonds is 5. The third-order valence-corrected chi connectivity index (χ3v) is 4.15. The molecule has 0 aromatic heterocycles. The van der Waals surface area contributed by atoms with Gasteiger partial charge in [0.15, 0.2) is 0 Å². The number of piperazine rings is 1. The minimum Gasteiger partial charge on any atom is -0.450 e. The van der Waals surface area contributed by atoms with Crippen LogP contribution in [-0.2, 0) is 14.3 Å². The van der Waals surface area contributed by atoms with Gasteiger partial charge >= 0.3 is 6.09 Å². The van der Waals surface area contributed by atoms with E-state index in [4.69, 9.17) is 4.74 Å². The molecule has 0 atom stereocenters. The summed E-state index contributed by atoms with van der Waals surface area (Å²) in [6.07, 6.45) is -0.519. The van der Waals surface area contributed by atoms with Crippen LogP contribution in [0.3, 0.4) is 0 Å². The highest BCUT2D eigenvalue weighted by Crippen LogP contribution is 2.15. The number of para-hydroxylation sites is 1. The Kier molecular flexibility index (Phi) is 6.80. The summed E-state index contributed by atoms with van der Waals surface area (Å²) in [4.78, 5) is 41.4. The third-order valence-electron chi connectivity index (χ3n) is 4.15. The van der Waals surface area contributed by atoms with Crippen LogP contribution in [-0.4, -0.2) is 67.0 Å². The minimum atomic E-state index is -0.355. The van der Waals surface area contributed by atoms with E-state index in [-0.39, 0.29) is 24.3 Å². The second-order valence-electron chi connectivity index (χ2n) is 5.72. The lowest BCUT2D eigenvalue weighted by Gasteiger charge is -2.34. The molecule has 0 N–H and O–H groups in total. The van der Waals surface area contributed by atoms with Crippen LogP contribution in [0.2, 0.25) is 0 Å². The summed E-state index contributed by atoms with van der Waals surface area (Å²) in [5, 5.41) is 0. The smallest absolute Gasteiger partial charge is 0.409 e. The zero-order valence-corrected chi connectivity index (χ0v) is 14.8. The summed E-state index contributed by atoms with van der Waals surface area (Å²) in [6.45, 7) is 6.17. The van der Waals surface area contributed by atoms with Gasteiger partial charge in [-0.2, -0.15) is 0 Å². The van der Waals surface area contributed by atoms with E-state index < -0.39 is 0 Å². The van der Waals surface area contributed by atoms with Crippen molar-refractivity contribution in [2.75, 3.05) is 44.2 Å². The molecule has 1 heterocycles. The van der Waals surface area contributed by atoms with Crippen LogP contribution in [0.15, 0.2) is 30.3 Å². The van der Waals surface area contributed by atoms with Gasteiger partial charge in [0.2, 0.25) is 11.8 Å². The number of nitrogens with zero attached hydrogens (tertiary/aromatic N) is 3. The molecule has 1 aliphatic heterocycles. The molecule has 7 heteroatoms. The topological polar surface area (TPSA) is 70.2 Å². The number of amides is 3. The number of hydrogen-bond acceptors (Lipinski definition) is 4. The van der Waals surface area contributed by atoms with Crippen molar-refractivity contribution in [3.8, 4) is 0 Å². The predicted octanol–water partition coefficient (Wildman–Crippen LogP) is 1.73. The molecular formula is C18H25N3O4. The summed E-state index contributed by atoms with van der Waals surface area (Å²) in [5.74, 6) is -0.422. The number of anilines is 1. The van der Waals surface area contributed by atoms with E-state index in [1.807, 2.05) is 37.3 Å². The van der Waals surface area contributed by atoms with E-state index in [0.29, 0.717) is 39.3 Å². The molecular weight excluding hydrogens is 322 g/mol. The molecule has 0 aliphatic carbocycles. The molecule has 1 aliphatic rings. The number of benzene rings is 1. The maximum absolute atomic E-state index is 12.5. The Balaban J connectivity index is 1.87. The van der Waals surface area contributed by atoms with Crippen LogP contribution in [0.25, 0.3) is 0 Å². The van der Waals surface area contributed by atoms with Crippen molar-refractivity contribution in [2.45, 2.75) is 20.3 Å². The largest absolute Gasteiger partial charge is 0.450 e. The lowest BCUT2D eigenvalue weighted by Crippen LogP contribution is -2.51.